The molecule has 3 heterocycles. The molecule has 4 rings (SSSR count). The number of amides is 4. The number of hydrogen-bond acceptors (Lipinski definition) is 4. The highest BCUT2D eigenvalue weighted by Gasteiger charge is 2.48. The smallest absolute Gasteiger partial charge is 0.349 e. The van der Waals surface area contributed by atoms with E-state index in [0.29, 0.717) is 17.8 Å². The Morgan fingerprint density at radius 3 is 2.50 bits per heavy atom. The van der Waals surface area contributed by atoms with Crippen LogP contribution in [-0.2, 0) is 22.3 Å². The standard InChI is InChI=1S/C27H30F3N5O3/c1-4-34-21-15-35(20(13-16(2)3)24(36)32-14-17-9-7-8-12-31-17)25(37)22(21)23(33-26(34)38)18-10-5-6-11-19(18)27(28,29)30/h5-12,16,20,23H,4,13-15H2,1-3H3,(H,32,36)(H,33,38). The molecule has 11 heteroatoms. The van der Waals surface area contributed by atoms with Crippen LogP contribution in [0.3, 0.4) is 0 Å². The van der Waals surface area contributed by atoms with Gasteiger partial charge in [-0.2, -0.15) is 13.2 Å². The lowest BCUT2D eigenvalue weighted by Crippen LogP contribution is -2.49. The fourth-order valence-electron chi connectivity index (χ4n) is 4.96. The number of nitrogens with one attached hydrogen (secondary N) is 2. The summed E-state index contributed by atoms with van der Waals surface area (Å²) in [5.41, 5.74) is -0.138. The van der Waals surface area contributed by atoms with Crippen molar-refractivity contribution in [3.63, 3.8) is 0 Å². The van der Waals surface area contributed by atoms with Crippen LogP contribution in [0.2, 0.25) is 0 Å². The number of carbonyl (C=O) groups is 3. The summed E-state index contributed by atoms with van der Waals surface area (Å²) >= 11 is 0. The molecule has 0 fully saturated rings. The summed E-state index contributed by atoms with van der Waals surface area (Å²) in [5.74, 6) is -0.930. The fraction of sp³-hybridized carbons (Fsp3) is 0.407. The van der Waals surface area contributed by atoms with Crippen LogP contribution in [-0.4, -0.2) is 51.8 Å². The first-order valence-electron chi connectivity index (χ1n) is 12.5. The largest absolute Gasteiger partial charge is 0.416 e. The number of rotatable bonds is 8. The molecule has 2 atom stereocenters. The van der Waals surface area contributed by atoms with E-state index in [9.17, 15) is 27.6 Å². The van der Waals surface area contributed by atoms with E-state index in [1.54, 1.807) is 31.3 Å². The van der Waals surface area contributed by atoms with Crippen molar-refractivity contribution in [1.29, 1.82) is 0 Å². The summed E-state index contributed by atoms with van der Waals surface area (Å²) in [6, 6.07) is 7.43. The summed E-state index contributed by atoms with van der Waals surface area (Å²) in [6.45, 7) is 5.85. The van der Waals surface area contributed by atoms with Crippen LogP contribution < -0.4 is 10.6 Å². The molecule has 8 nitrogen and oxygen atoms in total. The topological polar surface area (TPSA) is 94.6 Å². The van der Waals surface area contributed by atoms with E-state index in [0.717, 1.165) is 6.07 Å². The van der Waals surface area contributed by atoms with E-state index >= 15 is 0 Å². The Bertz CT molecular complexity index is 1250. The number of pyridine rings is 1. The van der Waals surface area contributed by atoms with Gasteiger partial charge in [-0.3, -0.25) is 19.5 Å². The molecule has 0 radical (unpaired) electrons. The Kier molecular flexibility index (Phi) is 7.75. The summed E-state index contributed by atoms with van der Waals surface area (Å²) in [4.78, 5) is 47.1. The highest BCUT2D eigenvalue weighted by atomic mass is 19.4. The van der Waals surface area contributed by atoms with Gasteiger partial charge in [-0.15, -0.1) is 0 Å². The van der Waals surface area contributed by atoms with Crippen molar-refractivity contribution in [2.24, 2.45) is 5.92 Å². The van der Waals surface area contributed by atoms with Crippen molar-refractivity contribution < 1.29 is 27.6 Å². The molecule has 0 aliphatic carbocycles. The van der Waals surface area contributed by atoms with E-state index in [1.807, 2.05) is 13.8 Å². The highest BCUT2D eigenvalue weighted by Crippen LogP contribution is 2.42. The molecular formula is C27H30F3N5O3. The molecule has 1 aromatic carbocycles. The maximum absolute atomic E-state index is 13.9. The lowest BCUT2D eigenvalue weighted by molar-refractivity contribution is -0.139. The average Bonchev–Trinajstić information content (AvgIpc) is 3.22. The van der Waals surface area contributed by atoms with E-state index in [4.69, 9.17) is 0 Å². The lowest BCUT2D eigenvalue weighted by atomic mass is 9.91. The number of hydrogen-bond donors (Lipinski definition) is 2. The SMILES string of the molecule is CCN1C(=O)NC(c2ccccc2C(F)(F)F)C2=C1CN(C(CC(C)C)C(=O)NCc1ccccn1)C2=O. The third-order valence-corrected chi connectivity index (χ3v) is 6.69. The van der Waals surface area contributed by atoms with E-state index in [-0.39, 0.29) is 36.7 Å². The van der Waals surface area contributed by atoms with Crippen LogP contribution in [0, 0.1) is 5.92 Å². The monoisotopic (exact) mass is 529 g/mol. The molecule has 2 N–H and O–H groups in total. The third kappa shape index (κ3) is 5.36. The van der Waals surface area contributed by atoms with Gasteiger partial charge in [0.25, 0.3) is 5.91 Å². The molecule has 1 aromatic heterocycles. The van der Waals surface area contributed by atoms with Crippen LogP contribution in [0.4, 0.5) is 18.0 Å². The van der Waals surface area contributed by atoms with Crippen molar-refractivity contribution in [2.45, 2.75) is 52.0 Å². The first-order chi connectivity index (χ1) is 18.0. The highest BCUT2D eigenvalue weighted by molar-refractivity contribution is 6.03. The van der Waals surface area contributed by atoms with Gasteiger partial charge in [0.1, 0.15) is 6.04 Å². The van der Waals surface area contributed by atoms with E-state index in [1.165, 1.54) is 28.0 Å². The van der Waals surface area contributed by atoms with Gasteiger partial charge in [-0.25, -0.2) is 4.79 Å². The third-order valence-electron chi connectivity index (χ3n) is 6.69. The summed E-state index contributed by atoms with van der Waals surface area (Å²) in [6.07, 6.45) is -2.74. The number of nitrogens with zero attached hydrogens (tertiary/aromatic N) is 3. The molecular weight excluding hydrogens is 499 g/mol. The second kappa shape index (κ2) is 10.8. The second-order valence-electron chi connectivity index (χ2n) is 9.69. The Morgan fingerprint density at radius 1 is 1.16 bits per heavy atom. The number of alkyl halides is 3. The Balaban J connectivity index is 1.69. The molecule has 0 saturated heterocycles. The number of urea groups is 1. The molecule has 2 aliphatic heterocycles. The van der Waals surface area contributed by atoms with Crippen LogP contribution >= 0.6 is 0 Å². The number of halogens is 3. The molecule has 2 aromatic rings. The molecule has 2 unspecified atom stereocenters. The molecule has 202 valence electrons. The molecule has 4 amide bonds. The van der Waals surface area contributed by atoms with Crippen molar-refractivity contribution in [3.05, 3.63) is 76.8 Å². The molecule has 0 saturated carbocycles. The number of benzene rings is 1. The van der Waals surface area contributed by atoms with Crippen molar-refractivity contribution in [3.8, 4) is 0 Å². The quantitative estimate of drug-likeness (QED) is 0.540. The van der Waals surface area contributed by atoms with Gasteiger partial charge in [0.15, 0.2) is 0 Å². The zero-order valence-corrected chi connectivity index (χ0v) is 21.4. The van der Waals surface area contributed by atoms with Gasteiger partial charge in [0.2, 0.25) is 5.91 Å². The van der Waals surface area contributed by atoms with Crippen LogP contribution in [0.25, 0.3) is 0 Å². The minimum Gasteiger partial charge on any atom is -0.349 e. The van der Waals surface area contributed by atoms with Gasteiger partial charge >= 0.3 is 12.2 Å². The van der Waals surface area contributed by atoms with Crippen molar-refractivity contribution in [2.75, 3.05) is 13.1 Å². The lowest BCUT2D eigenvalue weighted by Gasteiger charge is -2.33. The fourth-order valence-corrected chi connectivity index (χ4v) is 4.96. The first kappa shape index (κ1) is 27.2. The van der Waals surface area contributed by atoms with Gasteiger partial charge in [0.05, 0.1) is 41.7 Å². The van der Waals surface area contributed by atoms with Crippen LogP contribution in [0.1, 0.15) is 50.1 Å². The van der Waals surface area contributed by atoms with Gasteiger partial charge in [0, 0.05) is 12.7 Å². The van der Waals surface area contributed by atoms with Gasteiger partial charge < -0.3 is 15.5 Å². The first-order valence-corrected chi connectivity index (χ1v) is 12.5. The maximum Gasteiger partial charge on any atom is 0.416 e. The normalized spacial score (nSPS) is 18.6. The predicted octanol–water partition coefficient (Wildman–Crippen LogP) is 4.01. The second-order valence-corrected chi connectivity index (χ2v) is 9.69. The Hall–Kier alpha value is -3.89. The molecule has 38 heavy (non-hydrogen) atoms. The summed E-state index contributed by atoms with van der Waals surface area (Å²) < 4.78 is 41.6. The predicted molar refractivity (Wildman–Crippen MR) is 133 cm³/mol. The van der Waals surface area contributed by atoms with Crippen LogP contribution in [0.5, 0.6) is 0 Å². The van der Waals surface area contributed by atoms with Crippen LogP contribution in [0.15, 0.2) is 59.9 Å². The van der Waals surface area contributed by atoms with Crippen molar-refractivity contribution >= 4 is 17.8 Å². The van der Waals surface area contributed by atoms with Crippen molar-refractivity contribution in [1.82, 2.24) is 25.4 Å². The summed E-state index contributed by atoms with van der Waals surface area (Å²) in [5, 5.41) is 5.43. The van der Waals surface area contributed by atoms with E-state index < -0.39 is 41.7 Å². The molecule has 0 spiro atoms. The number of likely N-dealkylation sites (N-methyl/N-ethyl adjacent to an activating group) is 1. The minimum atomic E-state index is -4.68. The van der Waals surface area contributed by atoms with E-state index in [2.05, 4.69) is 15.6 Å². The average molecular weight is 530 g/mol. The zero-order valence-electron chi connectivity index (χ0n) is 21.4. The zero-order chi connectivity index (χ0) is 27.6. The minimum absolute atomic E-state index is 0.0369. The Labute approximate surface area is 218 Å². The maximum atomic E-state index is 13.9. The van der Waals surface area contributed by atoms with Gasteiger partial charge in [-0.05, 0) is 43.0 Å². The Morgan fingerprint density at radius 2 is 1.87 bits per heavy atom. The van der Waals surface area contributed by atoms with Gasteiger partial charge in [-0.1, -0.05) is 38.1 Å². The molecule has 2 aliphatic rings. The molecule has 0 bridgehead atoms. The summed E-state index contributed by atoms with van der Waals surface area (Å²) in [7, 11) is 0. The number of carbonyl (C=O) groups excluding carboxylic acids is 3. The number of aromatic nitrogens is 1.